The fraction of sp³-hybridized carbons (Fsp3) is 1.00. The van der Waals surface area contributed by atoms with Crippen LogP contribution in [0.2, 0.25) is 0 Å². The van der Waals surface area contributed by atoms with Crippen molar-refractivity contribution in [3.8, 4) is 0 Å². The molecule has 0 rings (SSSR count). The molecule has 0 saturated heterocycles. The topological polar surface area (TPSA) is 67.4 Å². The zero-order valence-corrected chi connectivity index (χ0v) is 10.4. The number of nitrogens with one attached hydrogen (secondary N) is 2. The Labute approximate surface area is 92.6 Å². The van der Waals surface area contributed by atoms with Gasteiger partial charge in [-0.15, -0.1) is 0 Å². The summed E-state index contributed by atoms with van der Waals surface area (Å²) < 4.78 is 30.3. The summed E-state index contributed by atoms with van der Waals surface area (Å²) in [6.07, 6.45) is 1.71. The van der Waals surface area contributed by atoms with E-state index in [4.69, 9.17) is 4.74 Å². The van der Waals surface area contributed by atoms with Crippen molar-refractivity contribution in [1.82, 2.24) is 10.0 Å². The molecular weight excluding hydrogens is 216 g/mol. The van der Waals surface area contributed by atoms with Crippen LogP contribution >= 0.6 is 0 Å². The molecule has 0 aliphatic carbocycles. The van der Waals surface area contributed by atoms with Gasteiger partial charge in [-0.2, -0.15) is 0 Å². The van der Waals surface area contributed by atoms with Crippen LogP contribution in [0.25, 0.3) is 0 Å². The Kier molecular flexibility index (Phi) is 8.98. The maximum atomic E-state index is 11.3. The van der Waals surface area contributed by atoms with Crippen molar-refractivity contribution in [2.75, 3.05) is 39.1 Å². The first-order valence-electron chi connectivity index (χ1n) is 5.32. The number of rotatable bonds is 10. The highest BCUT2D eigenvalue weighted by Crippen LogP contribution is 1.87. The summed E-state index contributed by atoms with van der Waals surface area (Å²) in [4.78, 5) is 0. The Hall–Kier alpha value is -0.170. The zero-order chi connectivity index (χ0) is 11.6. The molecule has 6 heteroatoms. The van der Waals surface area contributed by atoms with Crippen molar-refractivity contribution in [1.29, 1.82) is 0 Å². The highest BCUT2D eigenvalue weighted by atomic mass is 32.2. The Morgan fingerprint density at radius 1 is 1.20 bits per heavy atom. The second-order valence-electron chi connectivity index (χ2n) is 3.28. The van der Waals surface area contributed by atoms with Gasteiger partial charge in [-0.1, -0.05) is 6.92 Å². The quantitative estimate of drug-likeness (QED) is 0.523. The van der Waals surface area contributed by atoms with Crippen LogP contribution < -0.4 is 10.0 Å². The van der Waals surface area contributed by atoms with E-state index in [1.807, 2.05) is 6.92 Å². The molecule has 0 fully saturated rings. The molecule has 0 heterocycles. The van der Waals surface area contributed by atoms with E-state index in [9.17, 15) is 8.42 Å². The summed E-state index contributed by atoms with van der Waals surface area (Å²) in [6.45, 7) is 4.33. The summed E-state index contributed by atoms with van der Waals surface area (Å²) in [6, 6.07) is 0. The molecular formula is C9H22N2O3S. The van der Waals surface area contributed by atoms with Gasteiger partial charge in [0.1, 0.15) is 0 Å². The van der Waals surface area contributed by atoms with Crippen LogP contribution in [-0.4, -0.2) is 47.5 Å². The summed E-state index contributed by atoms with van der Waals surface area (Å²) >= 11 is 0. The molecule has 0 spiro atoms. The van der Waals surface area contributed by atoms with Crippen molar-refractivity contribution >= 4 is 10.0 Å². The molecule has 15 heavy (non-hydrogen) atoms. The minimum absolute atomic E-state index is 0.124. The van der Waals surface area contributed by atoms with Crippen molar-refractivity contribution in [3.05, 3.63) is 0 Å². The van der Waals surface area contributed by atoms with E-state index < -0.39 is 10.0 Å². The summed E-state index contributed by atoms with van der Waals surface area (Å²) in [5.41, 5.74) is 0. The largest absolute Gasteiger partial charge is 0.381 e. The van der Waals surface area contributed by atoms with E-state index in [-0.39, 0.29) is 5.75 Å². The second-order valence-corrected chi connectivity index (χ2v) is 5.21. The lowest BCUT2D eigenvalue weighted by Gasteiger charge is -2.06. The average molecular weight is 238 g/mol. The van der Waals surface area contributed by atoms with Crippen molar-refractivity contribution in [2.24, 2.45) is 0 Å². The molecule has 0 aromatic rings. The van der Waals surface area contributed by atoms with Gasteiger partial charge in [-0.25, -0.2) is 13.1 Å². The number of ether oxygens (including phenoxy) is 1. The first-order valence-corrected chi connectivity index (χ1v) is 6.97. The smallest absolute Gasteiger partial charge is 0.212 e. The highest BCUT2D eigenvalue weighted by molar-refractivity contribution is 7.89. The first-order chi connectivity index (χ1) is 7.12. The Morgan fingerprint density at radius 3 is 2.53 bits per heavy atom. The minimum Gasteiger partial charge on any atom is -0.381 e. The van der Waals surface area contributed by atoms with Crippen LogP contribution in [-0.2, 0) is 14.8 Å². The van der Waals surface area contributed by atoms with Crippen LogP contribution in [0.15, 0.2) is 0 Å². The monoisotopic (exact) mass is 238 g/mol. The van der Waals surface area contributed by atoms with Gasteiger partial charge in [0.15, 0.2) is 0 Å². The minimum atomic E-state index is -3.10. The molecule has 0 atom stereocenters. The van der Waals surface area contributed by atoms with Crippen molar-refractivity contribution in [2.45, 2.75) is 19.8 Å². The molecule has 0 radical (unpaired) electrons. The second kappa shape index (κ2) is 9.08. The van der Waals surface area contributed by atoms with Crippen molar-refractivity contribution in [3.63, 3.8) is 0 Å². The first kappa shape index (κ1) is 14.8. The predicted octanol–water partition coefficient (Wildman–Crippen LogP) is -0.0581. The molecule has 0 aliphatic heterocycles. The van der Waals surface area contributed by atoms with Gasteiger partial charge in [0.2, 0.25) is 10.0 Å². The van der Waals surface area contributed by atoms with Gasteiger partial charge in [0, 0.05) is 26.3 Å². The van der Waals surface area contributed by atoms with E-state index in [0.717, 1.165) is 19.4 Å². The molecule has 0 unspecified atom stereocenters. The van der Waals surface area contributed by atoms with Crippen LogP contribution in [0.4, 0.5) is 0 Å². The standard InChI is InChI=1S/C9H22N2O3S/c1-3-7-14-8-4-5-11-15(12,13)9-6-10-2/h10-11H,3-9H2,1-2H3. The third kappa shape index (κ3) is 10.1. The highest BCUT2D eigenvalue weighted by Gasteiger charge is 2.07. The summed E-state index contributed by atoms with van der Waals surface area (Å²) in [5.74, 6) is 0.124. The van der Waals surface area contributed by atoms with Gasteiger partial charge >= 0.3 is 0 Å². The van der Waals surface area contributed by atoms with Gasteiger partial charge in [-0.3, -0.25) is 0 Å². The number of hydrogen-bond acceptors (Lipinski definition) is 4. The lowest BCUT2D eigenvalue weighted by atomic mass is 10.4. The SMILES string of the molecule is CCCOCCCNS(=O)(=O)CCNC. The molecule has 5 nitrogen and oxygen atoms in total. The van der Waals surface area contributed by atoms with Crippen LogP contribution in [0.3, 0.4) is 0 Å². The van der Waals surface area contributed by atoms with E-state index in [0.29, 0.717) is 19.7 Å². The molecule has 2 N–H and O–H groups in total. The fourth-order valence-corrected chi connectivity index (χ4v) is 2.03. The van der Waals surface area contributed by atoms with Crippen molar-refractivity contribution < 1.29 is 13.2 Å². The fourth-order valence-electron chi connectivity index (χ4n) is 0.957. The van der Waals surface area contributed by atoms with Crippen LogP contribution in [0, 0.1) is 0 Å². The normalized spacial score (nSPS) is 11.9. The van der Waals surface area contributed by atoms with Gasteiger partial charge in [-0.05, 0) is 19.9 Å². The maximum Gasteiger partial charge on any atom is 0.212 e. The van der Waals surface area contributed by atoms with E-state index in [2.05, 4.69) is 10.0 Å². The van der Waals surface area contributed by atoms with E-state index in [1.54, 1.807) is 7.05 Å². The average Bonchev–Trinajstić information content (AvgIpc) is 2.20. The number of sulfonamides is 1. The molecule has 0 aromatic heterocycles. The zero-order valence-electron chi connectivity index (χ0n) is 9.58. The molecule has 0 amide bonds. The molecule has 0 saturated carbocycles. The summed E-state index contributed by atoms with van der Waals surface area (Å²) in [7, 11) is -1.37. The van der Waals surface area contributed by atoms with E-state index >= 15 is 0 Å². The molecule has 92 valence electrons. The van der Waals surface area contributed by atoms with E-state index in [1.165, 1.54) is 0 Å². The Bertz CT molecular complexity index is 230. The predicted molar refractivity (Wildman–Crippen MR) is 61.4 cm³/mol. The lowest BCUT2D eigenvalue weighted by Crippen LogP contribution is -2.31. The third-order valence-corrected chi connectivity index (χ3v) is 3.14. The van der Waals surface area contributed by atoms with Gasteiger partial charge in [0.25, 0.3) is 0 Å². The third-order valence-electron chi connectivity index (χ3n) is 1.76. The van der Waals surface area contributed by atoms with Gasteiger partial charge < -0.3 is 10.1 Å². The number of hydrogen-bond donors (Lipinski definition) is 2. The Balaban J connectivity index is 3.41. The van der Waals surface area contributed by atoms with Gasteiger partial charge in [0.05, 0.1) is 5.75 Å². The Morgan fingerprint density at radius 2 is 1.93 bits per heavy atom. The maximum absolute atomic E-state index is 11.3. The molecule has 0 aromatic carbocycles. The lowest BCUT2D eigenvalue weighted by molar-refractivity contribution is 0.133. The van der Waals surface area contributed by atoms with Crippen LogP contribution in [0.5, 0.6) is 0 Å². The summed E-state index contributed by atoms with van der Waals surface area (Å²) in [5, 5.41) is 2.80. The molecule has 0 aliphatic rings. The van der Waals surface area contributed by atoms with Crippen LogP contribution in [0.1, 0.15) is 19.8 Å². The molecule has 0 bridgehead atoms.